The highest BCUT2D eigenvalue weighted by Gasteiger charge is 2.43. The van der Waals surface area contributed by atoms with Gasteiger partial charge in [-0.05, 0) is 63.0 Å². The smallest absolute Gasteiger partial charge is 0.234 e. The number of halogens is 1. The van der Waals surface area contributed by atoms with Crippen LogP contribution in [0.2, 0.25) is 5.02 Å². The van der Waals surface area contributed by atoms with Gasteiger partial charge in [-0.25, -0.2) is 0 Å². The van der Waals surface area contributed by atoms with Gasteiger partial charge in [0.15, 0.2) is 0 Å². The molecule has 7 heteroatoms. The van der Waals surface area contributed by atoms with E-state index in [1.165, 1.54) is 0 Å². The molecule has 4 rings (SSSR count). The van der Waals surface area contributed by atoms with Crippen LogP contribution in [0.1, 0.15) is 43.6 Å². The molecule has 1 N–H and O–H groups in total. The zero-order valence-corrected chi connectivity index (χ0v) is 19.2. The van der Waals surface area contributed by atoms with Crippen molar-refractivity contribution in [1.29, 1.82) is 0 Å². The lowest BCUT2D eigenvalue weighted by Crippen LogP contribution is -2.59. The molecule has 6 nitrogen and oxygen atoms in total. The Morgan fingerprint density at radius 2 is 1.84 bits per heavy atom. The monoisotopic (exact) mass is 453 g/mol. The zero-order chi connectivity index (χ0) is 22.9. The number of piperidine rings is 1. The fourth-order valence-corrected chi connectivity index (χ4v) is 5.30. The molecule has 168 valence electrons. The number of imide groups is 1. The number of rotatable bonds is 7. The van der Waals surface area contributed by atoms with E-state index in [9.17, 15) is 14.4 Å². The van der Waals surface area contributed by atoms with Crippen molar-refractivity contribution in [2.45, 2.75) is 43.6 Å². The van der Waals surface area contributed by atoms with E-state index in [0.29, 0.717) is 17.9 Å². The fourth-order valence-electron chi connectivity index (χ4n) is 4.93. The van der Waals surface area contributed by atoms with Crippen molar-refractivity contribution in [1.82, 2.24) is 10.2 Å². The number of nitrogens with zero attached hydrogens (tertiary/aromatic N) is 2. The highest BCUT2D eigenvalue weighted by molar-refractivity contribution is 6.34. The van der Waals surface area contributed by atoms with Crippen LogP contribution >= 0.6 is 11.6 Å². The first-order valence-electron chi connectivity index (χ1n) is 11.0. The van der Waals surface area contributed by atoms with E-state index in [1.54, 1.807) is 0 Å². The topological polar surface area (TPSA) is 69.7 Å². The summed E-state index contributed by atoms with van der Waals surface area (Å²) in [5, 5.41) is 2.92. The highest BCUT2D eigenvalue weighted by atomic mass is 35.5. The average molecular weight is 454 g/mol. The summed E-state index contributed by atoms with van der Waals surface area (Å²) in [5.74, 6) is -0.981. The molecule has 1 heterocycles. The molecule has 1 atom stereocenters. The minimum absolute atomic E-state index is 0.157. The van der Waals surface area contributed by atoms with Crippen molar-refractivity contribution in [2.75, 3.05) is 25.5 Å². The van der Waals surface area contributed by atoms with Crippen molar-refractivity contribution in [3.05, 3.63) is 53.1 Å². The number of amides is 3. The minimum atomic E-state index is -0.436. The van der Waals surface area contributed by atoms with E-state index in [1.807, 2.05) is 61.5 Å². The number of carbonyl (C=O) groups is 3. The molecule has 1 unspecified atom stereocenters. The second kappa shape index (κ2) is 9.04. The minimum Gasteiger partial charge on any atom is -0.308 e. The lowest BCUT2D eigenvalue weighted by molar-refractivity contribution is -0.134. The third-order valence-electron chi connectivity index (χ3n) is 6.61. The molecule has 0 radical (unpaired) electrons. The summed E-state index contributed by atoms with van der Waals surface area (Å²) in [7, 11) is 4.06. The molecule has 3 amide bonds. The van der Waals surface area contributed by atoms with E-state index in [0.717, 1.165) is 54.6 Å². The van der Waals surface area contributed by atoms with Crippen LogP contribution in [-0.2, 0) is 14.4 Å². The van der Waals surface area contributed by atoms with Gasteiger partial charge in [0, 0.05) is 24.2 Å². The molecule has 0 spiro atoms. The predicted octanol–water partition coefficient (Wildman–Crippen LogP) is 3.97. The standard InChI is InChI=1S/C25H28ClN3O3/c1-28(2)15-25(13-4-14-25)29(16-30)18-9-7-17(8-10-18)19-5-3-6-20(23(19)26)21-11-12-22(31)27-24(21)32/h3,5-10,16,21H,4,11-15H2,1-2H3,(H,27,31,32). The molecule has 0 aromatic heterocycles. The molecule has 1 saturated heterocycles. The van der Waals surface area contributed by atoms with Crippen molar-refractivity contribution >= 4 is 35.5 Å². The first-order chi connectivity index (χ1) is 15.3. The van der Waals surface area contributed by atoms with Gasteiger partial charge < -0.3 is 9.80 Å². The van der Waals surface area contributed by atoms with Crippen LogP contribution in [0.5, 0.6) is 0 Å². The first-order valence-corrected chi connectivity index (χ1v) is 11.3. The summed E-state index contributed by atoms with van der Waals surface area (Å²) in [5.41, 5.74) is 3.17. The van der Waals surface area contributed by atoms with E-state index >= 15 is 0 Å². The Bertz CT molecular complexity index is 1030. The molecule has 2 aromatic rings. The second-order valence-corrected chi connectivity index (χ2v) is 9.43. The zero-order valence-electron chi connectivity index (χ0n) is 18.4. The quantitative estimate of drug-likeness (QED) is 0.508. The third-order valence-corrected chi connectivity index (χ3v) is 7.03. The largest absolute Gasteiger partial charge is 0.308 e. The number of hydrogen-bond acceptors (Lipinski definition) is 4. The fraction of sp³-hybridized carbons (Fsp3) is 0.400. The first kappa shape index (κ1) is 22.5. The molecule has 2 aromatic carbocycles. The molecule has 0 bridgehead atoms. The summed E-state index contributed by atoms with van der Waals surface area (Å²) in [4.78, 5) is 39.8. The molecular formula is C25H28ClN3O3. The van der Waals surface area contributed by atoms with Gasteiger partial charge >= 0.3 is 0 Å². The van der Waals surface area contributed by atoms with Crippen LogP contribution in [0, 0.1) is 0 Å². The van der Waals surface area contributed by atoms with Gasteiger partial charge in [0.25, 0.3) is 0 Å². The summed E-state index contributed by atoms with van der Waals surface area (Å²) in [6.45, 7) is 0.827. The van der Waals surface area contributed by atoms with Gasteiger partial charge in [-0.15, -0.1) is 0 Å². The van der Waals surface area contributed by atoms with Crippen LogP contribution in [-0.4, -0.2) is 49.3 Å². The number of nitrogens with one attached hydrogen (secondary N) is 1. The van der Waals surface area contributed by atoms with Gasteiger partial charge in [-0.1, -0.05) is 41.9 Å². The molecule has 2 aliphatic rings. The average Bonchev–Trinajstić information content (AvgIpc) is 2.73. The lowest BCUT2D eigenvalue weighted by atomic mass is 9.74. The molecule has 1 saturated carbocycles. The molecule has 1 aliphatic heterocycles. The Kier molecular flexibility index (Phi) is 6.35. The Hall–Kier alpha value is -2.70. The van der Waals surface area contributed by atoms with Gasteiger partial charge in [0.1, 0.15) is 0 Å². The second-order valence-electron chi connectivity index (χ2n) is 9.05. The predicted molar refractivity (Wildman–Crippen MR) is 126 cm³/mol. The summed E-state index contributed by atoms with van der Waals surface area (Å²) in [6, 6.07) is 13.5. The molecule has 2 fully saturated rings. The summed E-state index contributed by atoms with van der Waals surface area (Å²) >= 11 is 6.73. The van der Waals surface area contributed by atoms with Crippen molar-refractivity contribution in [3.63, 3.8) is 0 Å². The number of anilines is 1. The van der Waals surface area contributed by atoms with Crippen LogP contribution < -0.4 is 10.2 Å². The van der Waals surface area contributed by atoms with Crippen LogP contribution in [0.15, 0.2) is 42.5 Å². The van der Waals surface area contributed by atoms with E-state index < -0.39 is 5.92 Å². The van der Waals surface area contributed by atoms with Gasteiger partial charge in [-0.3, -0.25) is 19.7 Å². The molecule has 32 heavy (non-hydrogen) atoms. The SMILES string of the molecule is CN(C)CC1(N(C=O)c2ccc(-c3cccc(C4CCC(=O)NC4=O)c3Cl)cc2)CCC1. The Labute approximate surface area is 193 Å². The Morgan fingerprint density at radius 1 is 1.12 bits per heavy atom. The number of benzene rings is 2. The lowest BCUT2D eigenvalue weighted by Gasteiger charge is -2.50. The van der Waals surface area contributed by atoms with Gasteiger partial charge in [-0.2, -0.15) is 0 Å². The molecular weight excluding hydrogens is 426 g/mol. The maximum absolute atomic E-state index is 12.3. The molecule has 1 aliphatic carbocycles. The normalized spacial score (nSPS) is 19.9. The summed E-state index contributed by atoms with van der Waals surface area (Å²) < 4.78 is 0. The Morgan fingerprint density at radius 3 is 2.41 bits per heavy atom. The van der Waals surface area contributed by atoms with Crippen molar-refractivity contribution in [2.24, 2.45) is 0 Å². The van der Waals surface area contributed by atoms with Crippen LogP contribution in [0.25, 0.3) is 11.1 Å². The third kappa shape index (κ3) is 4.17. The summed E-state index contributed by atoms with van der Waals surface area (Å²) in [6.07, 6.45) is 4.81. The van der Waals surface area contributed by atoms with Gasteiger partial charge in [0.2, 0.25) is 18.2 Å². The maximum atomic E-state index is 12.3. The van der Waals surface area contributed by atoms with Crippen molar-refractivity contribution < 1.29 is 14.4 Å². The van der Waals surface area contributed by atoms with E-state index in [2.05, 4.69) is 10.2 Å². The number of likely N-dealkylation sites (N-methyl/N-ethyl adjacent to an activating group) is 1. The van der Waals surface area contributed by atoms with Gasteiger partial charge in [0.05, 0.1) is 16.5 Å². The number of hydrogen-bond donors (Lipinski definition) is 1. The van der Waals surface area contributed by atoms with Crippen LogP contribution in [0.4, 0.5) is 5.69 Å². The highest BCUT2D eigenvalue weighted by Crippen LogP contribution is 2.41. The van der Waals surface area contributed by atoms with E-state index in [-0.39, 0.29) is 17.4 Å². The number of carbonyl (C=O) groups excluding carboxylic acids is 3. The van der Waals surface area contributed by atoms with Crippen molar-refractivity contribution in [3.8, 4) is 11.1 Å². The maximum Gasteiger partial charge on any atom is 0.234 e. The van der Waals surface area contributed by atoms with Crippen LogP contribution in [0.3, 0.4) is 0 Å². The Balaban J connectivity index is 1.61. The van der Waals surface area contributed by atoms with E-state index in [4.69, 9.17) is 11.6 Å².